The van der Waals surface area contributed by atoms with Crippen LogP contribution in [0, 0.1) is 17.2 Å². The van der Waals surface area contributed by atoms with Gasteiger partial charge in [-0.05, 0) is 62.1 Å². The highest BCUT2D eigenvalue weighted by Gasteiger charge is 2.50. The zero-order valence-corrected chi connectivity index (χ0v) is 17.6. The molecule has 30 heavy (non-hydrogen) atoms. The van der Waals surface area contributed by atoms with Gasteiger partial charge in [-0.2, -0.15) is 0 Å². The van der Waals surface area contributed by atoms with Gasteiger partial charge in [0.1, 0.15) is 11.5 Å². The number of rotatable bonds is 4. The first-order valence-electron chi connectivity index (χ1n) is 10.6. The summed E-state index contributed by atoms with van der Waals surface area (Å²) in [5, 5.41) is 2.98. The molecule has 0 radical (unpaired) electrons. The maximum atomic E-state index is 14.9. The molecule has 1 N–H and O–H groups in total. The molecule has 1 heterocycles. The van der Waals surface area contributed by atoms with Crippen LogP contribution in [-0.2, 0) is 4.79 Å². The molecule has 3 fully saturated rings. The summed E-state index contributed by atoms with van der Waals surface area (Å²) in [6, 6.07) is 3.95. The fraction of sp³-hybridized carbons (Fsp3) is 0.682. The topological polar surface area (TPSA) is 32.3 Å². The number of benzene rings is 1. The number of hydrogen-bond acceptors (Lipinski definition) is 2. The first kappa shape index (κ1) is 21.9. The molecule has 8 heteroatoms. The average Bonchev–Trinajstić information content (AvgIpc) is 2.63. The highest BCUT2D eigenvalue weighted by Crippen LogP contribution is 2.48. The summed E-state index contributed by atoms with van der Waals surface area (Å²) < 4.78 is 55.0. The minimum Gasteiger partial charge on any atom is -0.326 e. The van der Waals surface area contributed by atoms with Gasteiger partial charge in [0.25, 0.3) is 0 Å². The molecule has 3 aliphatic rings. The lowest BCUT2D eigenvalue weighted by atomic mass is 9.65. The Balaban J connectivity index is 1.23. The number of alkyl halides is 3. The van der Waals surface area contributed by atoms with E-state index in [4.69, 9.17) is 11.6 Å². The third-order valence-corrected chi connectivity index (χ3v) is 7.27. The number of likely N-dealkylation sites (tertiary alicyclic amines) is 1. The summed E-state index contributed by atoms with van der Waals surface area (Å²) in [4.78, 5) is 14.6. The maximum absolute atomic E-state index is 14.9. The Bertz CT molecular complexity index is 772. The van der Waals surface area contributed by atoms with Crippen molar-refractivity contribution in [3.63, 3.8) is 0 Å². The molecule has 0 atom stereocenters. The van der Waals surface area contributed by atoms with Crippen molar-refractivity contribution in [2.24, 2.45) is 11.3 Å². The van der Waals surface area contributed by atoms with Crippen LogP contribution in [-0.4, -0.2) is 42.0 Å². The summed E-state index contributed by atoms with van der Waals surface area (Å²) in [6.07, 6.45) is 2.34. The zero-order chi connectivity index (χ0) is 21.6. The highest BCUT2D eigenvalue weighted by molar-refractivity contribution is 6.30. The Hall–Kier alpha value is -1.34. The van der Waals surface area contributed by atoms with Gasteiger partial charge in [0.15, 0.2) is 0 Å². The van der Waals surface area contributed by atoms with E-state index in [1.807, 2.05) is 4.90 Å². The maximum Gasteiger partial charge on any atom is 0.248 e. The SMILES string of the molecule is O=C(Nc1cc(F)cc(Cl)c1)C1CCC2(CC1)CN(CC1(F)CCC(F)(F)CC1)C2. The molecule has 0 unspecified atom stereocenters. The van der Waals surface area contributed by atoms with E-state index in [0.29, 0.717) is 5.69 Å². The molecule has 1 saturated heterocycles. The second-order valence-corrected chi connectivity index (χ2v) is 10.0. The highest BCUT2D eigenvalue weighted by atomic mass is 35.5. The van der Waals surface area contributed by atoms with Gasteiger partial charge < -0.3 is 5.32 Å². The van der Waals surface area contributed by atoms with Crippen LogP contribution >= 0.6 is 11.6 Å². The minimum atomic E-state index is -2.72. The summed E-state index contributed by atoms with van der Waals surface area (Å²) in [5.41, 5.74) is -1.05. The first-order chi connectivity index (χ1) is 14.1. The zero-order valence-electron chi connectivity index (χ0n) is 16.8. The van der Waals surface area contributed by atoms with Crippen LogP contribution in [0.2, 0.25) is 5.02 Å². The lowest BCUT2D eigenvalue weighted by Crippen LogP contribution is -2.61. The lowest BCUT2D eigenvalue weighted by molar-refractivity contribution is -0.126. The van der Waals surface area contributed by atoms with Gasteiger partial charge in [-0.25, -0.2) is 17.6 Å². The Morgan fingerprint density at radius 3 is 2.27 bits per heavy atom. The standard InChI is InChI=1S/C22H27ClF4N2O/c23-16-9-17(24)11-18(10-16)28-19(30)15-1-3-20(4-2-15)12-29(13-20)14-21(25)5-7-22(26,27)8-6-21/h9-11,15H,1-8,12-14H2,(H,28,30). The van der Waals surface area contributed by atoms with Crippen molar-refractivity contribution in [3.8, 4) is 0 Å². The van der Waals surface area contributed by atoms with E-state index in [9.17, 15) is 22.4 Å². The predicted molar refractivity (Wildman–Crippen MR) is 108 cm³/mol. The number of anilines is 1. The molecule has 166 valence electrons. The largest absolute Gasteiger partial charge is 0.326 e. The first-order valence-corrected chi connectivity index (χ1v) is 11.0. The van der Waals surface area contributed by atoms with Gasteiger partial charge in [-0.15, -0.1) is 0 Å². The summed E-state index contributed by atoms with van der Waals surface area (Å²) in [6.45, 7) is 1.76. The van der Waals surface area contributed by atoms with Crippen molar-refractivity contribution in [3.05, 3.63) is 29.0 Å². The summed E-state index contributed by atoms with van der Waals surface area (Å²) >= 11 is 5.83. The van der Waals surface area contributed by atoms with Gasteiger partial charge in [0, 0.05) is 49.1 Å². The molecule has 1 spiro atoms. The predicted octanol–water partition coefficient (Wildman–Crippen LogP) is 5.83. The molecular weight excluding hydrogens is 420 g/mol. The molecule has 0 bridgehead atoms. The van der Waals surface area contributed by atoms with Gasteiger partial charge in [0.2, 0.25) is 11.8 Å². The normalized spacial score (nSPS) is 25.6. The van der Waals surface area contributed by atoms with Crippen molar-refractivity contribution in [1.82, 2.24) is 4.90 Å². The Morgan fingerprint density at radius 1 is 1.03 bits per heavy atom. The number of amides is 1. The molecule has 4 rings (SSSR count). The third kappa shape index (κ3) is 4.93. The summed E-state index contributed by atoms with van der Waals surface area (Å²) in [7, 11) is 0. The monoisotopic (exact) mass is 446 g/mol. The number of nitrogens with one attached hydrogen (secondary N) is 1. The number of hydrogen-bond donors (Lipinski definition) is 1. The van der Waals surface area contributed by atoms with E-state index in [-0.39, 0.29) is 54.5 Å². The Labute approximate surface area is 179 Å². The van der Waals surface area contributed by atoms with Crippen molar-refractivity contribution in [2.75, 3.05) is 25.0 Å². The van der Waals surface area contributed by atoms with Crippen molar-refractivity contribution in [1.29, 1.82) is 0 Å². The minimum absolute atomic E-state index is 0.0736. The van der Waals surface area contributed by atoms with E-state index in [2.05, 4.69) is 5.32 Å². The van der Waals surface area contributed by atoms with Gasteiger partial charge in [-0.1, -0.05) is 11.6 Å². The summed E-state index contributed by atoms with van der Waals surface area (Å²) in [5.74, 6) is -3.49. The number of halogens is 5. The number of carbonyl (C=O) groups is 1. The Kier molecular flexibility index (Phi) is 5.81. The van der Waals surface area contributed by atoms with Crippen LogP contribution in [0.15, 0.2) is 18.2 Å². The molecule has 3 nitrogen and oxygen atoms in total. The van der Waals surface area contributed by atoms with Crippen LogP contribution in [0.3, 0.4) is 0 Å². The number of nitrogens with zero attached hydrogens (tertiary/aromatic N) is 1. The molecule has 1 aromatic carbocycles. The Morgan fingerprint density at radius 2 is 1.67 bits per heavy atom. The fourth-order valence-corrected chi connectivity index (χ4v) is 5.54. The van der Waals surface area contributed by atoms with Crippen LogP contribution in [0.25, 0.3) is 0 Å². The molecule has 2 aliphatic carbocycles. The molecule has 1 amide bonds. The molecule has 2 saturated carbocycles. The van der Waals surface area contributed by atoms with Crippen LogP contribution in [0.1, 0.15) is 51.4 Å². The fourth-order valence-electron chi connectivity index (χ4n) is 5.32. The second kappa shape index (κ2) is 7.97. The van der Waals surface area contributed by atoms with Crippen molar-refractivity contribution < 1.29 is 22.4 Å². The van der Waals surface area contributed by atoms with Crippen LogP contribution in [0.4, 0.5) is 23.2 Å². The van der Waals surface area contributed by atoms with E-state index in [1.54, 1.807) is 0 Å². The quantitative estimate of drug-likeness (QED) is 0.590. The third-order valence-electron chi connectivity index (χ3n) is 7.05. The van der Waals surface area contributed by atoms with E-state index in [0.717, 1.165) is 38.8 Å². The van der Waals surface area contributed by atoms with Gasteiger partial charge in [0.05, 0.1) is 0 Å². The van der Waals surface area contributed by atoms with E-state index < -0.39 is 17.4 Å². The lowest BCUT2D eigenvalue weighted by Gasteiger charge is -2.55. The van der Waals surface area contributed by atoms with Crippen LogP contribution in [0.5, 0.6) is 0 Å². The molecule has 1 aliphatic heterocycles. The molecule has 0 aromatic heterocycles. The van der Waals surface area contributed by atoms with Gasteiger partial charge in [-0.3, -0.25) is 9.69 Å². The second-order valence-electron chi connectivity index (χ2n) is 9.57. The number of carbonyl (C=O) groups excluding carboxylic acids is 1. The molecule has 1 aromatic rings. The van der Waals surface area contributed by atoms with Crippen LogP contribution < -0.4 is 5.32 Å². The van der Waals surface area contributed by atoms with Gasteiger partial charge >= 0.3 is 0 Å². The van der Waals surface area contributed by atoms with E-state index in [1.165, 1.54) is 18.2 Å². The molecular formula is C22H27ClF4N2O. The van der Waals surface area contributed by atoms with E-state index >= 15 is 0 Å². The van der Waals surface area contributed by atoms with Crippen molar-refractivity contribution in [2.45, 2.75) is 63.0 Å². The van der Waals surface area contributed by atoms with Crippen molar-refractivity contribution >= 4 is 23.2 Å². The average molecular weight is 447 g/mol. The smallest absolute Gasteiger partial charge is 0.248 e.